The van der Waals surface area contributed by atoms with Crippen LogP contribution in [0.15, 0.2) is 39.9 Å². The molecule has 0 N–H and O–H groups in total. The highest BCUT2D eigenvalue weighted by molar-refractivity contribution is 5.49. The predicted octanol–water partition coefficient (Wildman–Crippen LogP) is 2.35. The summed E-state index contributed by atoms with van der Waals surface area (Å²) in [5.41, 5.74) is 1.23. The van der Waals surface area contributed by atoms with E-state index >= 15 is 0 Å². The Morgan fingerprint density at radius 2 is 1.35 bits per heavy atom. The standard InChI is InChI=1S/C21H21N3O2/c25-18-22(11-7-3-1-4-8-11)19(26)24-17-14-12-13(14)16(23(18)24)20-9-5-2-6-10-21(17,20)15(12)20/h1,3-4,7-8,12-17H,2,5-6,9-10H2. The zero-order valence-electron chi connectivity index (χ0n) is 14.5. The van der Waals surface area contributed by atoms with Crippen LogP contribution < -0.4 is 11.4 Å². The third-order valence-corrected chi connectivity index (χ3v) is 9.48. The molecule has 5 aliphatic carbocycles. The third-order valence-electron chi connectivity index (χ3n) is 9.48. The van der Waals surface area contributed by atoms with Crippen LogP contribution in [0.25, 0.3) is 5.69 Å². The summed E-state index contributed by atoms with van der Waals surface area (Å²) in [6.45, 7) is 0. The first-order chi connectivity index (χ1) is 12.7. The fraction of sp³-hybridized carbons (Fsp3) is 0.619. The first kappa shape index (κ1) is 13.2. The molecular formula is C21H21N3O2. The summed E-state index contributed by atoms with van der Waals surface area (Å²) in [7, 11) is 0. The molecule has 6 atom stereocenters. The quantitative estimate of drug-likeness (QED) is 0.795. The number of rotatable bonds is 1. The highest BCUT2D eigenvalue weighted by Gasteiger charge is 3.02. The fourth-order valence-corrected chi connectivity index (χ4v) is 9.27. The predicted molar refractivity (Wildman–Crippen MR) is 94.3 cm³/mol. The number of aromatic nitrogens is 3. The lowest BCUT2D eigenvalue weighted by Crippen LogP contribution is -2.52. The van der Waals surface area contributed by atoms with E-state index in [0.717, 1.165) is 11.8 Å². The summed E-state index contributed by atoms with van der Waals surface area (Å²) in [5.74, 6) is 3.01. The minimum absolute atomic E-state index is 0.0972. The van der Waals surface area contributed by atoms with Gasteiger partial charge in [-0.15, -0.1) is 0 Å². The topological polar surface area (TPSA) is 48.9 Å². The Morgan fingerprint density at radius 1 is 0.769 bits per heavy atom. The molecule has 2 aromatic rings. The smallest absolute Gasteiger partial charge is 0.245 e. The van der Waals surface area contributed by atoms with E-state index in [-0.39, 0.29) is 11.4 Å². The van der Waals surface area contributed by atoms with Crippen molar-refractivity contribution in [2.45, 2.75) is 44.2 Å². The zero-order valence-corrected chi connectivity index (χ0v) is 14.5. The van der Waals surface area contributed by atoms with Crippen LogP contribution in [0.1, 0.15) is 44.2 Å². The molecule has 1 aromatic carbocycles. The van der Waals surface area contributed by atoms with Gasteiger partial charge in [0.15, 0.2) is 0 Å². The van der Waals surface area contributed by atoms with Gasteiger partial charge in [0.25, 0.3) is 0 Å². The van der Waals surface area contributed by atoms with Crippen molar-refractivity contribution in [1.82, 2.24) is 13.9 Å². The zero-order chi connectivity index (χ0) is 17.0. The summed E-state index contributed by atoms with van der Waals surface area (Å²) >= 11 is 0. The molecule has 0 amide bonds. The summed E-state index contributed by atoms with van der Waals surface area (Å²) in [5, 5.41) is 0. The summed E-state index contributed by atoms with van der Waals surface area (Å²) in [6, 6.07) is 10.1. The maximum absolute atomic E-state index is 13.4. The molecule has 5 heteroatoms. The molecule has 5 nitrogen and oxygen atoms in total. The maximum Gasteiger partial charge on any atom is 0.352 e. The second-order valence-corrected chi connectivity index (χ2v) is 9.67. The Balaban J connectivity index is 1.45. The Kier molecular flexibility index (Phi) is 1.79. The Bertz CT molecular complexity index is 1060. The number of hydrogen-bond acceptors (Lipinski definition) is 2. The monoisotopic (exact) mass is 347 g/mol. The van der Waals surface area contributed by atoms with Crippen molar-refractivity contribution < 1.29 is 0 Å². The molecule has 132 valence electrons. The van der Waals surface area contributed by atoms with E-state index in [2.05, 4.69) is 0 Å². The van der Waals surface area contributed by atoms with E-state index in [4.69, 9.17) is 0 Å². The molecule has 5 saturated carbocycles. The van der Waals surface area contributed by atoms with Crippen LogP contribution >= 0.6 is 0 Å². The van der Waals surface area contributed by atoms with Gasteiger partial charge in [0, 0.05) is 10.8 Å². The van der Waals surface area contributed by atoms with Crippen LogP contribution in [0.5, 0.6) is 0 Å². The van der Waals surface area contributed by atoms with Crippen molar-refractivity contribution in [1.29, 1.82) is 0 Å². The van der Waals surface area contributed by atoms with Crippen LogP contribution in [-0.4, -0.2) is 13.9 Å². The minimum atomic E-state index is -0.0972. The average molecular weight is 347 g/mol. The van der Waals surface area contributed by atoms with Gasteiger partial charge in [-0.1, -0.05) is 37.5 Å². The van der Waals surface area contributed by atoms with Gasteiger partial charge in [0.2, 0.25) is 0 Å². The summed E-state index contributed by atoms with van der Waals surface area (Å²) in [4.78, 5) is 26.8. The molecule has 9 rings (SSSR count). The molecule has 0 radical (unpaired) electrons. The molecule has 6 unspecified atom stereocenters. The van der Waals surface area contributed by atoms with Crippen LogP contribution in [0.2, 0.25) is 0 Å². The second-order valence-electron chi connectivity index (χ2n) is 9.67. The lowest BCUT2D eigenvalue weighted by atomic mass is 9.69. The van der Waals surface area contributed by atoms with Gasteiger partial charge in [-0.3, -0.25) is 0 Å². The number of hydrogen-bond donors (Lipinski definition) is 0. The van der Waals surface area contributed by atoms with E-state index in [1.807, 2.05) is 39.7 Å². The maximum atomic E-state index is 13.4. The van der Waals surface area contributed by atoms with Crippen molar-refractivity contribution in [2.24, 2.45) is 34.5 Å². The van der Waals surface area contributed by atoms with Gasteiger partial charge in [-0.2, -0.15) is 0 Å². The van der Waals surface area contributed by atoms with Gasteiger partial charge >= 0.3 is 11.4 Å². The van der Waals surface area contributed by atoms with Crippen molar-refractivity contribution in [2.75, 3.05) is 0 Å². The Hall–Kier alpha value is -2.04. The fourth-order valence-electron chi connectivity index (χ4n) is 9.27. The van der Waals surface area contributed by atoms with Crippen molar-refractivity contribution >= 4 is 0 Å². The van der Waals surface area contributed by atoms with Gasteiger partial charge in [-0.25, -0.2) is 23.5 Å². The number of benzene rings is 1. The Morgan fingerprint density at radius 3 is 1.92 bits per heavy atom. The van der Waals surface area contributed by atoms with E-state index < -0.39 is 0 Å². The molecule has 1 aromatic heterocycles. The lowest BCUT2D eigenvalue weighted by molar-refractivity contribution is -0.00428. The number of para-hydroxylation sites is 1. The van der Waals surface area contributed by atoms with E-state index in [9.17, 15) is 9.59 Å². The first-order valence-electron chi connectivity index (χ1n) is 10.3. The van der Waals surface area contributed by atoms with Crippen LogP contribution in [0, 0.1) is 34.5 Å². The first-order valence-corrected chi connectivity index (χ1v) is 10.3. The highest BCUT2D eigenvalue weighted by Crippen LogP contribution is 3.04. The van der Waals surface area contributed by atoms with E-state index in [1.165, 1.54) is 36.7 Å². The minimum Gasteiger partial charge on any atom is -0.245 e. The average Bonchev–Trinajstić information content (AvgIpc) is 3.42. The van der Waals surface area contributed by atoms with Crippen LogP contribution in [0.3, 0.4) is 0 Å². The van der Waals surface area contributed by atoms with Crippen molar-refractivity contribution in [3.8, 4) is 5.69 Å². The lowest BCUT2D eigenvalue weighted by Gasteiger charge is -2.48. The molecule has 0 saturated heterocycles. The van der Waals surface area contributed by atoms with Gasteiger partial charge in [0.05, 0.1) is 17.8 Å². The molecule has 5 fully saturated rings. The summed E-state index contributed by atoms with van der Waals surface area (Å²) < 4.78 is 5.31. The third kappa shape index (κ3) is 0.946. The molecule has 26 heavy (non-hydrogen) atoms. The Labute approximate surface area is 150 Å². The van der Waals surface area contributed by atoms with E-state index in [1.54, 1.807) is 0 Å². The summed E-state index contributed by atoms with van der Waals surface area (Å²) in [6.07, 6.45) is 6.52. The van der Waals surface area contributed by atoms with Gasteiger partial charge in [0.1, 0.15) is 0 Å². The molecule has 2 spiro atoms. The normalized spacial score (nSPS) is 50.2. The molecule has 2 bridgehead atoms. The van der Waals surface area contributed by atoms with Crippen LogP contribution in [0.4, 0.5) is 0 Å². The number of nitrogens with zero attached hydrogens (tertiary/aromatic N) is 3. The molecule has 3 heterocycles. The second kappa shape index (κ2) is 3.54. The van der Waals surface area contributed by atoms with Crippen molar-refractivity contribution in [3.05, 3.63) is 51.3 Å². The van der Waals surface area contributed by atoms with Crippen molar-refractivity contribution in [3.63, 3.8) is 0 Å². The largest absolute Gasteiger partial charge is 0.352 e. The molecule has 2 aliphatic heterocycles. The SMILES string of the molecule is O=c1n(-c2ccccc2)c(=O)n2n1C1C3C4C3C3C15CCCCCC35C42. The highest BCUT2D eigenvalue weighted by atomic mass is 16.2. The molecule has 7 aliphatic rings. The molecular weight excluding hydrogens is 326 g/mol. The van der Waals surface area contributed by atoms with Gasteiger partial charge < -0.3 is 0 Å². The van der Waals surface area contributed by atoms with Gasteiger partial charge in [-0.05, 0) is 48.6 Å². The van der Waals surface area contributed by atoms with Crippen LogP contribution in [-0.2, 0) is 0 Å². The van der Waals surface area contributed by atoms with E-state index in [0.29, 0.717) is 40.4 Å².